The second kappa shape index (κ2) is 4.40. The molecule has 0 radical (unpaired) electrons. The summed E-state index contributed by atoms with van der Waals surface area (Å²) >= 11 is 5.32. The number of pyridine rings is 1. The standard InChI is InChI=1S/C8H5ClF5NO/c1-16-5-3(8(12,13)14)2-4(7(10)11)15-6(5)9/h2,7H,1H3. The Labute approximate surface area is 92.0 Å². The topological polar surface area (TPSA) is 22.1 Å². The second-order valence-corrected chi connectivity index (χ2v) is 3.08. The van der Waals surface area contributed by atoms with Crippen molar-refractivity contribution in [3.63, 3.8) is 0 Å². The molecule has 1 aromatic heterocycles. The Hall–Kier alpha value is -1.11. The van der Waals surface area contributed by atoms with Crippen LogP contribution in [-0.4, -0.2) is 12.1 Å². The van der Waals surface area contributed by atoms with Gasteiger partial charge in [-0.25, -0.2) is 13.8 Å². The van der Waals surface area contributed by atoms with Crippen LogP contribution in [0, 0.1) is 0 Å². The van der Waals surface area contributed by atoms with E-state index in [1.165, 1.54) is 0 Å². The molecule has 16 heavy (non-hydrogen) atoms. The van der Waals surface area contributed by atoms with E-state index in [2.05, 4.69) is 9.72 Å². The first-order valence-electron chi connectivity index (χ1n) is 3.87. The first-order chi connectivity index (χ1) is 7.27. The van der Waals surface area contributed by atoms with Crippen LogP contribution in [0.2, 0.25) is 5.15 Å². The molecule has 0 fully saturated rings. The summed E-state index contributed by atoms with van der Waals surface area (Å²) in [5.74, 6) is -0.765. The number of halogens is 6. The monoisotopic (exact) mass is 261 g/mol. The highest BCUT2D eigenvalue weighted by molar-refractivity contribution is 6.31. The molecule has 0 saturated carbocycles. The van der Waals surface area contributed by atoms with Gasteiger partial charge in [0.05, 0.1) is 7.11 Å². The molecule has 0 atom stereocenters. The van der Waals surface area contributed by atoms with Crippen LogP contribution in [0.1, 0.15) is 17.7 Å². The molecule has 0 unspecified atom stereocenters. The second-order valence-electron chi connectivity index (χ2n) is 2.72. The molecular formula is C8H5ClF5NO. The highest BCUT2D eigenvalue weighted by Crippen LogP contribution is 2.40. The number of hydrogen-bond donors (Lipinski definition) is 0. The molecule has 0 aliphatic rings. The van der Waals surface area contributed by atoms with E-state index in [1.807, 2.05) is 0 Å². The molecule has 0 N–H and O–H groups in total. The number of methoxy groups -OCH3 is 1. The molecule has 0 amide bonds. The van der Waals surface area contributed by atoms with Gasteiger partial charge in [-0.05, 0) is 6.07 Å². The maximum Gasteiger partial charge on any atom is 0.420 e. The van der Waals surface area contributed by atoms with Crippen molar-refractivity contribution in [3.05, 3.63) is 22.5 Å². The first-order valence-corrected chi connectivity index (χ1v) is 4.25. The van der Waals surface area contributed by atoms with Crippen LogP contribution in [0.15, 0.2) is 6.07 Å². The fourth-order valence-electron chi connectivity index (χ4n) is 1.04. The van der Waals surface area contributed by atoms with Crippen LogP contribution in [0.25, 0.3) is 0 Å². The zero-order chi connectivity index (χ0) is 12.5. The predicted octanol–water partition coefficient (Wildman–Crippen LogP) is 3.70. The Bertz CT molecular complexity index is 393. The number of ether oxygens (including phenoxy) is 1. The van der Waals surface area contributed by atoms with Gasteiger partial charge < -0.3 is 4.74 Å². The first kappa shape index (κ1) is 13.0. The minimum atomic E-state index is -4.83. The van der Waals surface area contributed by atoms with Crippen molar-refractivity contribution in [2.24, 2.45) is 0 Å². The molecule has 1 rings (SSSR count). The lowest BCUT2D eigenvalue weighted by Gasteiger charge is -2.14. The van der Waals surface area contributed by atoms with Gasteiger partial charge in [0.2, 0.25) is 0 Å². The fourth-order valence-corrected chi connectivity index (χ4v) is 1.31. The van der Waals surface area contributed by atoms with E-state index in [4.69, 9.17) is 11.6 Å². The van der Waals surface area contributed by atoms with Crippen molar-refractivity contribution < 1.29 is 26.7 Å². The van der Waals surface area contributed by atoms with Gasteiger partial charge in [-0.3, -0.25) is 0 Å². The summed E-state index contributed by atoms with van der Waals surface area (Å²) in [6.45, 7) is 0. The largest absolute Gasteiger partial charge is 0.493 e. The maximum absolute atomic E-state index is 12.4. The maximum atomic E-state index is 12.4. The number of hydrogen-bond acceptors (Lipinski definition) is 2. The third-order valence-electron chi connectivity index (χ3n) is 1.68. The summed E-state index contributed by atoms with van der Waals surface area (Å²) in [7, 11) is 0.945. The van der Waals surface area contributed by atoms with E-state index in [0.29, 0.717) is 0 Å². The van der Waals surface area contributed by atoms with Crippen molar-refractivity contribution in [2.45, 2.75) is 12.6 Å². The lowest BCUT2D eigenvalue weighted by atomic mass is 10.2. The summed E-state index contributed by atoms with van der Waals surface area (Å²) < 4.78 is 66.2. The van der Waals surface area contributed by atoms with Gasteiger partial charge in [0.1, 0.15) is 11.3 Å². The quantitative estimate of drug-likeness (QED) is 0.598. The lowest BCUT2D eigenvalue weighted by molar-refractivity contribution is -0.138. The summed E-state index contributed by atoms with van der Waals surface area (Å²) in [6, 6.07) is 0.218. The van der Waals surface area contributed by atoms with Crippen LogP contribution in [0.5, 0.6) is 5.75 Å². The molecule has 1 heterocycles. The Morgan fingerprint density at radius 3 is 2.31 bits per heavy atom. The number of nitrogens with zero attached hydrogens (tertiary/aromatic N) is 1. The lowest BCUT2D eigenvalue weighted by Crippen LogP contribution is -2.10. The van der Waals surface area contributed by atoms with E-state index in [-0.39, 0.29) is 6.07 Å². The van der Waals surface area contributed by atoms with Gasteiger partial charge in [-0.1, -0.05) is 11.6 Å². The predicted molar refractivity (Wildman–Crippen MR) is 45.8 cm³/mol. The van der Waals surface area contributed by atoms with Crippen molar-refractivity contribution in [2.75, 3.05) is 7.11 Å². The zero-order valence-corrected chi connectivity index (χ0v) is 8.53. The van der Waals surface area contributed by atoms with Gasteiger partial charge in [-0.2, -0.15) is 13.2 Å². The van der Waals surface area contributed by atoms with Gasteiger partial charge in [0, 0.05) is 0 Å². The Balaban J connectivity index is 3.43. The van der Waals surface area contributed by atoms with Gasteiger partial charge in [0.15, 0.2) is 10.9 Å². The van der Waals surface area contributed by atoms with E-state index in [9.17, 15) is 22.0 Å². The number of alkyl halides is 5. The van der Waals surface area contributed by atoms with E-state index in [0.717, 1.165) is 7.11 Å². The smallest absolute Gasteiger partial charge is 0.420 e. The summed E-state index contributed by atoms with van der Waals surface area (Å²) in [5.41, 5.74) is -2.41. The molecule has 0 spiro atoms. The molecule has 0 aliphatic heterocycles. The molecule has 90 valence electrons. The van der Waals surface area contributed by atoms with Crippen molar-refractivity contribution >= 4 is 11.6 Å². The molecule has 0 bridgehead atoms. The Morgan fingerprint density at radius 2 is 1.94 bits per heavy atom. The van der Waals surface area contributed by atoms with Gasteiger partial charge in [0.25, 0.3) is 6.43 Å². The van der Waals surface area contributed by atoms with Crippen LogP contribution >= 0.6 is 11.6 Å². The van der Waals surface area contributed by atoms with Crippen LogP contribution in [0.4, 0.5) is 22.0 Å². The van der Waals surface area contributed by atoms with Gasteiger partial charge >= 0.3 is 6.18 Å². The third kappa shape index (κ3) is 2.52. The SMILES string of the molecule is COc1c(C(F)(F)F)cc(C(F)F)nc1Cl. The van der Waals surface area contributed by atoms with Crippen LogP contribution < -0.4 is 4.74 Å². The van der Waals surface area contributed by atoms with Crippen molar-refractivity contribution in [1.29, 1.82) is 0 Å². The highest BCUT2D eigenvalue weighted by atomic mass is 35.5. The van der Waals surface area contributed by atoms with Crippen LogP contribution in [0.3, 0.4) is 0 Å². The summed E-state index contributed by atoms with van der Waals surface area (Å²) in [4.78, 5) is 3.11. The molecular weight excluding hydrogens is 257 g/mol. The molecule has 1 aromatic rings. The highest BCUT2D eigenvalue weighted by Gasteiger charge is 2.37. The van der Waals surface area contributed by atoms with E-state index >= 15 is 0 Å². The Morgan fingerprint density at radius 1 is 1.38 bits per heavy atom. The van der Waals surface area contributed by atoms with E-state index in [1.54, 1.807) is 0 Å². The molecule has 8 heteroatoms. The average molecular weight is 262 g/mol. The molecule has 0 saturated heterocycles. The minimum Gasteiger partial charge on any atom is -0.493 e. The average Bonchev–Trinajstić information content (AvgIpc) is 2.14. The molecule has 2 nitrogen and oxygen atoms in total. The number of aromatic nitrogens is 1. The fraction of sp³-hybridized carbons (Fsp3) is 0.375. The molecule has 0 aromatic carbocycles. The zero-order valence-electron chi connectivity index (χ0n) is 7.78. The van der Waals surface area contributed by atoms with Gasteiger partial charge in [-0.15, -0.1) is 0 Å². The van der Waals surface area contributed by atoms with E-state index < -0.39 is 34.8 Å². The minimum absolute atomic E-state index is 0.218. The summed E-state index contributed by atoms with van der Waals surface area (Å²) in [6.07, 6.45) is -7.97. The summed E-state index contributed by atoms with van der Waals surface area (Å²) in [5, 5.41) is -0.743. The van der Waals surface area contributed by atoms with Crippen molar-refractivity contribution in [3.8, 4) is 5.75 Å². The van der Waals surface area contributed by atoms with Crippen molar-refractivity contribution in [1.82, 2.24) is 4.98 Å². The molecule has 0 aliphatic carbocycles. The Kier molecular flexibility index (Phi) is 3.57. The normalized spacial score (nSPS) is 12.0. The van der Waals surface area contributed by atoms with Crippen LogP contribution in [-0.2, 0) is 6.18 Å². The third-order valence-corrected chi connectivity index (χ3v) is 1.94. The number of rotatable bonds is 2.